The predicted octanol–water partition coefficient (Wildman–Crippen LogP) is 4.10. The summed E-state index contributed by atoms with van der Waals surface area (Å²) < 4.78 is 0. The molecular formula is C17H26N2O. The lowest BCUT2D eigenvalue weighted by molar-refractivity contribution is -0.126. The Morgan fingerprint density at radius 2 is 1.60 bits per heavy atom. The molecule has 1 aliphatic rings. The smallest absolute Gasteiger partial charge is 0.138 e. The van der Waals surface area contributed by atoms with Crippen molar-refractivity contribution in [3.05, 3.63) is 23.8 Å². The van der Waals surface area contributed by atoms with Crippen LogP contribution in [0.2, 0.25) is 0 Å². The molecule has 0 N–H and O–H groups in total. The van der Waals surface area contributed by atoms with E-state index >= 15 is 0 Å². The molecule has 0 spiro atoms. The van der Waals surface area contributed by atoms with Gasteiger partial charge in [-0.1, -0.05) is 27.7 Å². The maximum atomic E-state index is 12.0. The molecule has 0 saturated heterocycles. The van der Waals surface area contributed by atoms with Crippen molar-refractivity contribution in [3.63, 3.8) is 0 Å². The molecule has 3 heteroatoms. The summed E-state index contributed by atoms with van der Waals surface area (Å²) in [4.78, 5) is 21.0. The van der Waals surface area contributed by atoms with Crippen LogP contribution in [0.15, 0.2) is 12.4 Å². The van der Waals surface area contributed by atoms with Crippen molar-refractivity contribution in [2.45, 2.75) is 65.2 Å². The molecule has 2 rings (SSSR count). The molecule has 1 heterocycles. The third-order valence-electron chi connectivity index (χ3n) is 4.38. The Morgan fingerprint density at radius 3 is 2.05 bits per heavy atom. The van der Waals surface area contributed by atoms with Gasteiger partial charge in [0, 0.05) is 30.1 Å². The normalized spacial score (nSPS) is 23.3. The molecule has 1 fully saturated rings. The van der Waals surface area contributed by atoms with Crippen LogP contribution in [-0.2, 0) is 4.79 Å². The first kappa shape index (κ1) is 15.1. The molecular weight excluding hydrogens is 248 g/mol. The van der Waals surface area contributed by atoms with Crippen molar-refractivity contribution in [2.75, 3.05) is 0 Å². The van der Waals surface area contributed by atoms with Gasteiger partial charge >= 0.3 is 0 Å². The molecule has 0 unspecified atom stereocenters. The second-order valence-corrected chi connectivity index (χ2v) is 6.63. The summed E-state index contributed by atoms with van der Waals surface area (Å²) in [6.45, 7) is 8.23. The molecule has 0 bridgehead atoms. The van der Waals surface area contributed by atoms with Crippen LogP contribution in [0.5, 0.6) is 0 Å². The lowest BCUT2D eigenvalue weighted by Gasteiger charge is -2.28. The predicted molar refractivity (Wildman–Crippen MR) is 80.7 cm³/mol. The molecule has 1 aliphatic carbocycles. The fraction of sp³-hybridized carbons (Fsp3) is 0.706. The van der Waals surface area contributed by atoms with Gasteiger partial charge in [-0.2, -0.15) is 0 Å². The van der Waals surface area contributed by atoms with E-state index in [9.17, 15) is 4.79 Å². The van der Waals surface area contributed by atoms with Crippen molar-refractivity contribution in [2.24, 2.45) is 11.8 Å². The van der Waals surface area contributed by atoms with Crippen LogP contribution in [0.3, 0.4) is 0 Å². The molecule has 0 aromatic carbocycles. The number of aromatic nitrogens is 2. The molecule has 1 saturated carbocycles. The number of hydrogen-bond donors (Lipinski definition) is 0. The van der Waals surface area contributed by atoms with E-state index in [2.05, 4.69) is 23.8 Å². The minimum atomic E-state index is 0.171. The molecule has 1 aromatic heterocycles. The molecule has 0 radical (unpaired) electrons. The molecule has 1 aromatic rings. The third kappa shape index (κ3) is 3.44. The monoisotopic (exact) mass is 274 g/mol. The van der Waals surface area contributed by atoms with Crippen molar-refractivity contribution in [1.29, 1.82) is 0 Å². The number of rotatable bonds is 4. The number of carbonyl (C=O) groups is 1. The topological polar surface area (TPSA) is 42.9 Å². The van der Waals surface area contributed by atoms with Gasteiger partial charge < -0.3 is 0 Å². The number of Topliss-reactive ketones (excluding diaryl/α,β-unsaturated/α-hetero) is 1. The Morgan fingerprint density at radius 1 is 1.05 bits per heavy atom. The quantitative estimate of drug-likeness (QED) is 0.830. The van der Waals surface area contributed by atoms with Crippen LogP contribution in [0, 0.1) is 11.8 Å². The molecule has 0 atom stereocenters. The van der Waals surface area contributed by atoms with Gasteiger partial charge in [-0.15, -0.1) is 0 Å². The zero-order valence-corrected chi connectivity index (χ0v) is 13.1. The maximum absolute atomic E-state index is 12.0. The summed E-state index contributed by atoms with van der Waals surface area (Å²) in [7, 11) is 0. The summed E-state index contributed by atoms with van der Waals surface area (Å²) >= 11 is 0. The summed E-state index contributed by atoms with van der Waals surface area (Å²) in [6, 6.07) is 0. The SMILES string of the molecule is CC(C)C(=O)C1CCC(c2cnc(C(C)C)nc2)CC1. The summed E-state index contributed by atoms with van der Waals surface area (Å²) in [5, 5.41) is 0. The van der Waals surface area contributed by atoms with E-state index in [1.807, 2.05) is 26.2 Å². The number of nitrogens with zero attached hydrogens (tertiary/aromatic N) is 2. The highest BCUT2D eigenvalue weighted by Gasteiger charge is 2.28. The first-order chi connectivity index (χ1) is 9.49. The summed E-state index contributed by atoms with van der Waals surface area (Å²) in [5.74, 6) is 2.72. The first-order valence-electron chi connectivity index (χ1n) is 7.84. The molecule has 3 nitrogen and oxygen atoms in total. The summed E-state index contributed by atoms with van der Waals surface area (Å²) in [6.07, 6.45) is 8.19. The van der Waals surface area contributed by atoms with E-state index in [4.69, 9.17) is 0 Å². The number of carbonyl (C=O) groups excluding carboxylic acids is 1. The second kappa shape index (κ2) is 6.47. The highest BCUT2D eigenvalue weighted by Crippen LogP contribution is 2.36. The summed E-state index contributed by atoms with van der Waals surface area (Å²) in [5.41, 5.74) is 1.24. The average Bonchev–Trinajstić information content (AvgIpc) is 2.46. The maximum Gasteiger partial charge on any atom is 0.138 e. The van der Waals surface area contributed by atoms with Crippen molar-refractivity contribution in [1.82, 2.24) is 9.97 Å². The van der Waals surface area contributed by atoms with Gasteiger partial charge in [0.25, 0.3) is 0 Å². The second-order valence-electron chi connectivity index (χ2n) is 6.63. The average molecular weight is 274 g/mol. The van der Waals surface area contributed by atoms with E-state index in [-0.39, 0.29) is 11.8 Å². The zero-order valence-electron chi connectivity index (χ0n) is 13.1. The van der Waals surface area contributed by atoms with Gasteiger partial charge in [0.1, 0.15) is 11.6 Å². The molecule has 110 valence electrons. The van der Waals surface area contributed by atoms with Gasteiger partial charge in [-0.05, 0) is 37.2 Å². The highest BCUT2D eigenvalue weighted by atomic mass is 16.1. The standard InChI is InChI=1S/C17H26N2O/c1-11(2)16(20)14-7-5-13(6-8-14)15-9-18-17(12(3)4)19-10-15/h9-14H,5-8H2,1-4H3. The van der Waals surface area contributed by atoms with Crippen LogP contribution < -0.4 is 0 Å². The van der Waals surface area contributed by atoms with Crippen molar-refractivity contribution >= 4 is 5.78 Å². The fourth-order valence-electron chi connectivity index (χ4n) is 3.04. The van der Waals surface area contributed by atoms with E-state index in [0.717, 1.165) is 31.5 Å². The van der Waals surface area contributed by atoms with Gasteiger partial charge in [0.2, 0.25) is 0 Å². The van der Waals surface area contributed by atoms with Gasteiger partial charge in [-0.3, -0.25) is 4.79 Å². The van der Waals surface area contributed by atoms with Crippen LogP contribution in [0.1, 0.15) is 76.6 Å². The van der Waals surface area contributed by atoms with Crippen LogP contribution in [0.4, 0.5) is 0 Å². The fourth-order valence-corrected chi connectivity index (χ4v) is 3.04. The van der Waals surface area contributed by atoms with Crippen molar-refractivity contribution < 1.29 is 4.79 Å². The van der Waals surface area contributed by atoms with E-state index in [0.29, 0.717) is 17.6 Å². The lowest BCUT2D eigenvalue weighted by atomic mass is 9.76. The van der Waals surface area contributed by atoms with Crippen molar-refractivity contribution in [3.8, 4) is 0 Å². The van der Waals surface area contributed by atoms with Crippen LogP contribution in [0.25, 0.3) is 0 Å². The van der Waals surface area contributed by atoms with E-state index < -0.39 is 0 Å². The Hall–Kier alpha value is -1.25. The minimum Gasteiger partial charge on any atom is -0.299 e. The third-order valence-corrected chi connectivity index (χ3v) is 4.38. The largest absolute Gasteiger partial charge is 0.299 e. The Kier molecular flexibility index (Phi) is 4.90. The Balaban J connectivity index is 1.95. The first-order valence-corrected chi connectivity index (χ1v) is 7.84. The minimum absolute atomic E-state index is 0.171. The van der Waals surface area contributed by atoms with Crippen LogP contribution >= 0.6 is 0 Å². The van der Waals surface area contributed by atoms with Gasteiger partial charge in [0.15, 0.2) is 0 Å². The highest BCUT2D eigenvalue weighted by molar-refractivity contribution is 5.82. The Labute approximate surface area is 122 Å². The van der Waals surface area contributed by atoms with Gasteiger partial charge in [0.05, 0.1) is 0 Å². The van der Waals surface area contributed by atoms with E-state index in [1.165, 1.54) is 5.56 Å². The molecule has 0 amide bonds. The molecule has 0 aliphatic heterocycles. The number of ketones is 1. The Bertz CT molecular complexity index is 443. The van der Waals surface area contributed by atoms with Gasteiger partial charge in [-0.25, -0.2) is 9.97 Å². The zero-order chi connectivity index (χ0) is 14.7. The number of hydrogen-bond acceptors (Lipinski definition) is 3. The molecule has 20 heavy (non-hydrogen) atoms. The van der Waals surface area contributed by atoms with E-state index in [1.54, 1.807) is 0 Å². The lowest BCUT2D eigenvalue weighted by Crippen LogP contribution is -2.24. The van der Waals surface area contributed by atoms with Crippen LogP contribution in [-0.4, -0.2) is 15.8 Å².